The lowest BCUT2D eigenvalue weighted by molar-refractivity contribution is 0.0690. The highest BCUT2D eigenvalue weighted by molar-refractivity contribution is 7.89. The second-order valence-electron chi connectivity index (χ2n) is 6.34. The van der Waals surface area contributed by atoms with Crippen LogP contribution in [0, 0.1) is 6.92 Å². The van der Waals surface area contributed by atoms with Gasteiger partial charge in [0.25, 0.3) is 5.91 Å². The SMILES string of the molecule is Cc1nc2ncccn2c1C(=O)N1CCN(S(=O)(=O)c2ccccc2)CC1. The number of amides is 1. The molecule has 1 aliphatic rings. The second-order valence-corrected chi connectivity index (χ2v) is 8.28. The number of aryl methyl sites for hydroxylation is 1. The first-order valence-corrected chi connectivity index (χ1v) is 10.1. The Balaban J connectivity index is 1.52. The summed E-state index contributed by atoms with van der Waals surface area (Å²) >= 11 is 0. The van der Waals surface area contributed by atoms with Crippen LogP contribution in [0.4, 0.5) is 0 Å². The highest BCUT2D eigenvalue weighted by Crippen LogP contribution is 2.19. The van der Waals surface area contributed by atoms with E-state index in [1.165, 1.54) is 4.31 Å². The fourth-order valence-electron chi connectivity index (χ4n) is 3.28. The molecule has 3 aromatic rings. The van der Waals surface area contributed by atoms with Gasteiger partial charge in [-0.3, -0.25) is 9.20 Å². The van der Waals surface area contributed by atoms with Crippen LogP contribution in [-0.2, 0) is 10.0 Å². The van der Waals surface area contributed by atoms with Crippen LogP contribution in [-0.4, -0.2) is 64.1 Å². The summed E-state index contributed by atoms with van der Waals surface area (Å²) in [6.45, 7) is 2.96. The molecule has 2 aromatic heterocycles. The minimum atomic E-state index is -3.54. The van der Waals surface area contributed by atoms with Gasteiger partial charge in [-0.05, 0) is 25.1 Å². The number of sulfonamides is 1. The van der Waals surface area contributed by atoms with E-state index in [2.05, 4.69) is 9.97 Å². The molecule has 0 spiro atoms. The number of aromatic nitrogens is 3. The normalized spacial score (nSPS) is 16.0. The lowest BCUT2D eigenvalue weighted by Gasteiger charge is -2.34. The molecule has 1 amide bonds. The number of carbonyl (C=O) groups is 1. The third-order valence-electron chi connectivity index (χ3n) is 4.69. The smallest absolute Gasteiger partial charge is 0.272 e. The minimum absolute atomic E-state index is 0.162. The molecule has 0 N–H and O–H groups in total. The van der Waals surface area contributed by atoms with E-state index in [0.29, 0.717) is 30.3 Å². The number of imidazole rings is 1. The van der Waals surface area contributed by atoms with E-state index in [4.69, 9.17) is 0 Å². The van der Waals surface area contributed by atoms with Gasteiger partial charge in [0, 0.05) is 38.6 Å². The lowest BCUT2D eigenvalue weighted by atomic mass is 10.2. The maximum absolute atomic E-state index is 13.0. The van der Waals surface area contributed by atoms with E-state index in [1.807, 2.05) is 0 Å². The van der Waals surface area contributed by atoms with Crippen LogP contribution < -0.4 is 0 Å². The van der Waals surface area contributed by atoms with E-state index in [9.17, 15) is 13.2 Å². The number of nitrogens with zero attached hydrogens (tertiary/aromatic N) is 5. The van der Waals surface area contributed by atoms with Crippen LogP contribution >= 0.6 is 0 Å². The Morgan fingerprint density at radius 1 is 1.04 bits per heavy atom. The highest BCUT2D eigenvalue weighted by Gasteiger charge is 2.31. The standard InChI is InChI=1S/C18H19N5O3S/c1-14-16(23-9-5-8-19-18(23)20-14)17(24)21-10-12-22(13-11-21)27(25,26)15-6-3-2-4-7-15/h2-9H,10-13H2,1H3. The number of hydrogen-bond donors (Lipinski definition) is 0. The van der Waals surface area contributed by atoms with Crippen LogP contribution in [0.3, 0.4) is 0 Å². The topological polar surface area (TPSA) is 87.9 Å². The number of benzene rings is 1. The van der Waals surface area contributed by atoms with Gasteiger partial charge in [0.15, 0.2) is 0 Å². The molecule has 0 radical (unpaired) electrons. The van der Waals surface area contributed by atoms with Gasteiger partial charge in [0.1, 0.15) is 5.69 Å². The first kappa shape index (κ1) is 17.6. The Hall–Kier alpha value is -2.78. The van der Waals surface area contributed by atoms with E-state index in [0.717, 1.165) is 0 Å². The summed E-state index contributed by atoms with van der Waals surface area (Å²) in [6.07, 6.45) is 3.38. The number of carbonyl (C=O) groups excluding carboxylic acids is 1. The predicted octanol–water partition coefficient (Wildman–Crippen LogP) is 1.18. The van der Waals surface area contributed by atoms with Gasteiger partial charge in [-0.25, -0.2) is 18.4 Å². The number of hydrogen-bond acceptors (Lipinski definition) is 5. The molecule has 1 saturated heterocycles. The van der Waals surface area contributed by atoms with E-state index in [1.54, 1.807) is 65.0 Å². The summed E-state index contributed by atoms with van der Waals surface area (Å²) in [5.41, 5.74) is 1.08. The number of rotatable bonds is 3. The molecule has 0 atom stereocenters. The predicted molar refractivity (Wildman–Crippen MR) is 98.8 cm³/mol. The molecule has 1 aromatic carbocycles. The van der Waals surface area contributed by atoms with Gasteiger partial charge < -0.3 is 4.90 Å². The molecule has 4 rings (SSSR count). The van der Waals surface area contributed by atoms with E-state index < -0.39 is 10.0 Å². The zero-order chi connectivity index (χ0) is 19.0. The molecule has 8 nitrogen and oxygen atoms in total. The van der Waals surface area contributed by atoms with Crippen LogP contribution in [0.25, 0.3) is 5.78 Å². The van der Waals surface area contributed by atoms with Crippen molar-refractivity contribution in [3.63, 3.8) is 0 Å². The number of piperazine rings is 1. The van der Waals surface area contributed by atoms with Gasteiger partial charge in [-0.15, -0.1) is 0 Å². The average molecular weight is 385 g/mol. The first-order valence-electron chi connectivity index (χ1n) is 8.62. The van der Waals surface area contributed by atoms with Crippen molar-refractivity contribution in [2.24, 2.45) is 0 Å². The Morgan fingerprint density at radius 3 is 2.44 bits per heavy atom. The Kier molecular flexibility index (Phi) is 4.40. The minimum Gasteiger partial charge on any atom is -0.335 e. The van der Waals surface area contributed by atoms with E-state index >= 15 is 0 Å². The van der Waals surface area contributed by atoms with Gasteiger partial charge >= 0.3 is 0 Å². The summed E-state index contributed by atoms with van der Waals surface area (Å²) in [5, 5.41) is 0. The summed E-state index contributed by atoms with van der Waals surface area (Å²) in [5.74, 6) is 0.313. The van der Waals surface area contributed by atoms with Gasteiger partial charge in [-0.1, -0.05) is 18.2 Å². The lowest BCUT2D eigenvalue weighted by Crippen LogP contribution is -2.50. The van der Waals surface area contributed by atoms with Crippen molar-refractivity contribution >= 4 is 21.7 Å². The molecule has 0 bridgehead atoms. The van der Waals surface area contributed by atoms with Crippen molar-refractivity contribution in [2.45, 2.75) is 11.8 Å². The Bertz CT molecular complexity index is 1090. The van der Waals surface area contributed by atoms with Gasteiger partial charge in [0.2, 0.25) is 15.8 Å². The fourth-order valence-corrected chi connectivity index (χ4v) is 4.72. The zero-order valence-corrected chi connectivity index (χ0v) is 15.6. The maximum Gasteiger partial charge on any atom is 0.272 e. The van der Waals surface area contributed by atoms with Gasteiger partial charge in [0.05, 0.1) is 10.6 Å². The maximum atomic E-state index is 13.0. The Labute approximate surface area is 157 Å². The first-order chi connectivity index (χ1) is 13.0. The molecular weight excluding hydrogens is 366 g/mol. The molecule has 3 heterocycles. The molecule has 1 fully saturated rings. The van der Waals surface area contributed by atoms with Crippen LogP contribution in [0.5, 0.6) is 0 Å². The summed E-state index contributed by atoms with van der Waals surface area (Å²) in [6, 6.07) is 10.1. The van der Waals surface area contributed by atoms with Crippen molar-refractivity contribution in [2.75, 3.05) is 26.2 Å². The molecule has 140 valence electrons. The largest absolute Gasteiger partial charge is 0.335 e. The fraction of sp³-hybridized carbons (Fsp3) is 0.278. The number of fused-ring (bicyclic) bond motifs is 1. The molecule has 27 heavy (non-hydrogen) atoms. The zero-order valence-electron chi connectivity index (χ0n) is 14.8. The molecule has 9 heteroatoms. The van der Waals surface area contributed by atoms with Crippen molar-refractivity contribution in [3.8, 4) is 0 Å². The quantitative estimate of drug-likeness (QED) is 0.676. The van der Waals surface area contributed by atoms with Crippen molar-refractivity contribution in [1.29, 1.82) is 0 Å². The Morgan fingerprint density at radius 2 is 1.74 bits per heavy atom. The summed E-state index contributed by atoms with van der Waals surface area (Å²) in [7, 11) is -3.54. The molecule has 0 unspecified atom stereocenters. The summed E-state index contributed by atoms with van der Waals surface area (Å²) < 4.78 is 28.5. The highest BCUT2D eigenvalue weighted by atomic mass is 32.2. The molecule has 0 aliphatic carbocycles. The van der Waals surface area contributed by atoms with Gasteiger partial charge in [-0.2, -0.15) is 4.31 Å². The van der Waals surface area contributed by atoms with Crippen molar-refractivity contribution in [3.05, 3.63) is 60.2 Å². The third-order valence-corrected chi connectivity index (χ3v) is 6.60. The van der Waals surface area contributed by atoms with Crippen molar-refractivity contribution in [1.82, 2.24) is 23.6 Å². The molecular formula is C18H19N5O3S. The van der Waals surface area contributed by atoms with Crippen LogP contribution in [0.1, 0.15) is 16.2 Å². The van der Waals surface area contributed by atoms with Crippen molar-refractivity contribution < 1.29 is 13.2 Å². The summed E-state index contributed by atoms with van der Waals surface area (Å²) in [4.78, 5) is 23.4. The second kappa shape index (κ2) is 6.75. The molecule has 0 saturated carbocycles. The third kappa shape index (κ3) is 3.08. The average Bonchev–Trinajstić information content (AvgIpc) is 3.04. The van der Waals surface area contributed by atoms with Crippen LogP contribution in [0.2, 0.25) is 0 Å². The monoisotopic (exact) mass is 385 g/mol. The van der Waals surface area contributed by atoms with E-state index in [-0.39, 0.29) is 23.9 Å². The van der Waals surface area contributed by atoms with Crippen LogP contribution in [0.15, 0.2) is 53.7 Å². The molecule has 1 aliphatic heterocycles.